The minimum Gasteiger partial charge on any atom is -0.321 e. The minimum absolute atomic E-state index is 0.473. The summed E-state index contributed by atoms with van der Waals surface area (Å²) in [7, 11) is 0.797. The smallest absolute Gasteiger partial charge is 0.261 e. The number of hydrogen-bond donors (Lipinski definition) is 1. The molecule has 21 heavy (non-hydrogen) atoms. The zero-order valence-electron chi connectivity index (χ0n) is 11.3. The van der Waals surface area contributed by atoms with Crippen molar-refractivity contribution in [3.63, 3.8) is 0 Å². The molecule has 1 aromatic rings. The van der Waals surface area contributed by atoms with Crippen LogP contribution in [0.3, 0.4) is 0 Å². The zero-order chi connectivity index (χ0) is 15.8. The molecule has 1 amide bonds. The number of nitrogens with one attached hydrogen (secondary N) is 1. The van der Waals surface area contributed by atoms with Crippen LogP contribution in [0, 0.1) is 17.0 Å². The second-order valence-corrected chi connectivity index (χ2v) is 7.99. The van der Waals surface area contributed by atoms with Gasteiger partial charge in [-0.1, -0.05) is 19.8 Å². The van der Waals surface area contributed by atoms with Crippen LogP contribution < -0.4 is 5.32 Å². The summed E-state index contributed by atoms with van der Waals surface area (Å²) in [6.45, 7) is 1.74. The summed E-state index contributed by atoms with van der Waals surface area (Å²) in [4.78, 5) is 11.4. The van der Waals surface area contributed by atoms with E-state index in [4.69, 9.17) is 10.7 Å². The van der Waals surface area contributed by atoms with Crippen LogP contribution >= 0.6 is 10.7 Å². The van der Waals surface area contributed by atoms with Gasteiger partial charge in [0.2, 0.25) is 5.91 Å². The Morgan fingerprint density at radius 3 is 2.14 bits per heavy atom. The number of carbonyl (C=O) groups is 1. The Balaban J connectivity index is 2.31. The molecule has 0 unspecified atom stereocenters. The molecule has 0 heterocycles. The standard InChI is InChI=1S/C13H14ClF2NO3S/c1-13(4-2-3-5-13)12(18)17-11-9(15)6-8(7-10(11)16)21(14,19)20/h6-7H,2-5H2,1H3,(H,17,18). The van der Waals surface area contributed by atoms with Gasteiger partial charge < -0.3 is 5.32 Å². The van der Waals surface area contributed by atoms with Crippen LogP contribution in [0.15, 0.2) is 17.0 Å². The summed E-state index contributed by atoms with van der Waals surface area (Å²) < 4.78 is 49.8. The van der Waals surface area contributed by atoms with E-state index in [-0.39, 0.29) is 0 Å². The molecule has 0 aromatic heterocycles. The molecule has 1 aromatic carbocycles. The van der Waals surface area contributed by atoms with Crippen LogP contribution in [0.2, 0.25) is 0 Å². The molecule has 1 N–H and O–H groups in total. The lowest BCUT2D eigenvalue weighted by Gasteiger charge is -2.22. The molecule has 1 saturated carbocycles. The van der Waals surface area contributed by atoms with Crippen molar-refractivity contribution >= 4 is 31.3 Å². The predicted molar refractivity (Wildman–Crippen MR) is 74.6 cm³/mol. The quantitative estimate of drug-likeness (QED) is 0.860. The average Bonchev–Trinajstić information content (AvgIpc) is 2.80. The van der Waals surface area contributed by atoms with Crippen molar-refractivity contribution < 1.29 is 22.0 Å². The summed E-state index contributed by atoms with van der Waals surface area (Å²) in [5.74, 6) is -2.83. The highest BCUT2D eigenvalue weighted by molar-refractivity contribution is 8.13. The molecule has 1 aliphatic rings. The van der Waals surface area contributed by atoms with Gasteiger partial charge in [-0.3, -0.25) is 4.79 Å². The van der Waals surface area contributed by atoms with Crippen molar-refractivity contribution in [1.82, 2.24) is 0 Å². The van der Waals surface area contributed by atoms with E-state index in [1.807, 2.05) is 0 Å². The van der Waals surface area contributed by atoms with E-state index in [2.05, 4.69) is 5.32 Å². The highest BCUT2D eigenvalue weighted by atomic mass is 35.7. The molecule has 2 rings (SSSR count). The van der Waals surface area contributed by atoms with Crippen molar-refractivity contribution in [2.24, 2.45) is 5.41 Å². The van der Waals surface area contributed by atoms with Gasteiger partial charge in [-0.2, -0.15) is 0 Å². The van der Waals surface area contributed by atoms with Gasteiger partial charge in [0.15, 0.2) is 11.6 Å². The Morgan fingerprint density at radius 1 is 1.24 bits per heavy atom. The summed E-state index contributed by atoms with van der Waals surface area (Å²) in [6.07, 6.45) is 3.07. The molecule has 1 fully saturated rings. The van der Waals surface area contributed by atoms with E-state index in [1.165, 1.54) is 0 Å². The summed E-state index contributed by atoms with van der Waals surface area (Å²) in [6, 6.07) is 1.16. The first-order valence-electron chi connectivity index (χ1n) is 6.39. The second kappa shape index (κ2) is 5.53. The first kappa shape index (κ1) is 16.2. The largest absolute Gasteiger partial charge is 0.321 e. The number of hydrogen-bond acceptors (Lipinski definition) is 3. The van der Waals surface area contributed by atoms with Gasteiger partial charge in [0.05, 0.1) is 4.90 Å². The van der Waals surface area contributed by atoms with Gasteiger partial charge in [-0.25, -0.2) is 17.2 Å². The van der Waals surface area contributed by atoms with Gasteiger partial charge in [0.25, 0.3) is 9.05 Å². The average molecular weight is 338 g/mol. The van der Waals surface area contributed by atoms with Crippen LogP contribution in [-0.2, 0) is 13.8 Å². The number of amides is 1. The highest BCUT2D eigenvalue weighted by Gasteiger charge is 2.37. The summed E-state index contributed by atoms with van der Waals surface area (Å²) in [5, 5.41) is 2.21. The third-order valence-electron chi connectivity index (χ3n) is 3.79. The van der Waals surface area contributed by atoms with Gasteiger partial charge in [-0.15, -0.1) is 0 Å². The zero-order valence-corrected chi connectivity index (χ0v) is 12.8. The Labute approximate surface area is 125 Å². The lowest BCUT2D eigenvalue weighted by Crippen LogP contribution is -2.31. The molecule has 0 bridgehead atoms. The van der Waals surface area contributed by atoms with E-state index in [0.717, 1.165) is 12.8 Å². The monoisotopic (exact) mass is 337 g/mol. The fourth-order valence-electron chi connectivity index (χ4n) is 2.46. The maximum atomic E-state index is 13.8. The predicted octanol–water partition coefficient (Wildman–Crippen LogP) is 3.41. The second-order valence-electron chi connectivity index (χ2n) is 5.42. The maximum absolute atomic E-state index is 13.8. The normalized spacial score (nSPS) is 17.7. The van der Waals surface area contributed by atoms with Gasteiger partial charge >= 0.3 is 0 Å². The van der Waals surface area contributed by atoms with E-state index in [1.54, 1.807) is 6.92 Å². The number of anilines is 1. The molecule has 0 radical (unpaired) electrons. The lowest BCUT2D eigenvalue weighted by molar-refractivity contribution is -0.124. The highest BCUT2D eigenvalue weighted by Crippen LogP contribution is 2.39. The molecule has 0 aliphatic heterocycles. The van der Waals surface area contributed by atoms with Crippen molar-refractivity contribution in [3.05, 3.63) is 23.8 Å². The summed E-state index contributed by atoms with van der Waals surface area (Å²) >= 11 is 0. The molecule has 0 spiro atoms. The Bertz CT molecular complexity index is 662. The molecule has 0 saturated heterocycles. The van der Waals surface area contributed by atoms with E-state index < -0.39 is 42.6 Å². The minimum atomic E-state index is -4.24. The first-order chi connectivity index (χ1) is 9.63. The van der Waals surface area contributed by atoms with Crippen LogP contribution in [0.1, 0.15) is 32.6 Å². The van der Waals surface area contributed by atoms with Gasteiger partial charge in [-0.05, 0) is 25.0 Å². The van der Waals surface area contributed by atoms with Crippen LogP contribution in [-0.4, -0.2) is 14.3 Å². The number of rotatable bonds is 3. The number of halogens is 3. The van der Waals surface area contributed by atoms with Crippen LogP contribution in [0.4, 0.5) is 14.5 Å². The molecule has 1 aliphatic carbocycles. The third-order valence-corrected chi connectivity index (χ3v) is 5.12. The Morgan fingerprint density at radius 2 is 1.71 bits per heavy atom. The molecular formula is C13H14ClF2NO3S. The molecule has 0 atom stereocenters. The van der Waals surface area contributed by atoms with Crippen LogP contribution in [0.25, 0.3) is 0 Å². The van der Waals surface area contributed by atoms with E-state index in [9.17, 15) is 22.0 Å². The molecule has 8 heteroatoms. The SMILES string of the molecule is CC1(C(=O)Nc2c(F)cc(S(=O)(=O)Cl)cc2F)CCCC1. The fraction of sp³-hybridized carbons (Fsp3) is 0.462. The van der Waals surface area contributed by atoms with E-state index >= 15 is 0 Å². The van der Waals surface area contributed by atoms with Crippen molar-refractivity contribution in [2.75, 3.05) is 5.32 Å². The Hall–Kier alpha value is -1.21. The fourth-order valence-corrected chi connectivity index (χ4v) is 3.21. The maximum Gasteiger partial charge on any atom is 0.261 e. The summed E-state index contributed by atoms with van der Waals surface area (Å²) in [5.41, 5.74) is -1.31. The topological polar surface area (TPSA) is 63.2 Å². The van der Waals surface area contributed by atoms with Gasteiger partial charge in [0.1, 0.15) is 5.69 Å². The van der Waals surface area contributed by atoms with Gasteiger partial charge in [0, 0.05) is 16.1 Å². The van der Waals surface area contributed by atoms with Crippen molar-refractivity contribution in [1.29, 1.82) is 0 Å². The Kier molecular flexibility index (Phi) is 4.26. The molecule has 4 nitrogen and oxygen atoms in total. The van der Waals surface area contributed by atoms with Crippen molar-refractivity contribution in [3.8, 4) is 0 Å². The lowest BCUT2D eigenvalue weighted by atomic mass is 9.88. The molecule has 116 valence electrons. The number of benzene rings is 1. The first-order valence-corrected chi connectivity index (χ1v) is 8.69. The third kappa shape index (κ3) is 3.35. The molecular weight excluding hydrogens is 324 g/mol. The van der Waals surface area contributed by atoms with Crippen LogP contribution in [0.5, 0.6) is 0 Å². The van der Waals surface area contributed by atoms with Crippen molar-refractivity contribution in [2.45, 2.75) is 37.5 Å². The van der Waals surface area contributed by atoms with E-state index in [0.29, 0.717) is 25.0 Å². The number of carbonyl (C=O) groups excluding carboxylic acids is 1.